The van der Waals surface area contributed by atoms with Gasteiger partial charge in [-0.3, -0.25) is 4.90 Å². The smallest absolute Gasteiger partial charge is 0.124 e. The van der Waals surface area contributed by atoms with E-state index in [0.717, 1.165) is 37.5 Å². The van der Waals surface area contributed by atoms with Crippen LogP contribution in [0.25, 0.3) is 0 Å². The fraction of sp³-hybridized carbons (Fsp3) is 0.600. The number of ether oxygens (including phenoxy) is 1. The normalized spacial score (nSPS) is 17.6. The van der Waals surface area contributed by atoms with Gasteiger partial charge in [-0.1, -0.05) is 18.2 Å². The summed E-state index contributed by atoms with van der Waals surface area (Å²) in [7, 11) is 0. The predicted molar refractivity (Wildman–Crippen MR) is 83.7 cm³/mol. The summed E-state index contributed by atoms with van der Waals surface area (Å²) in [6, 6.07) is 8.05. The van der Waals surface area contributed by atoms with Crippen molar-refractivity contribution in [2.75, 3.05) is 32.8 Å². The number of hydrogen-bond donors (Lipinski definition) is 2. The molecule has 0 saturated carbocycles. The minimum Gasteiger partial charge on any atom is -0.491 e. The number of piperazine rings is 1. The molecule has 2 rings (SSSR count). The number of halogens is 1. The molecule has 0 bridgehead atoms. The second-order valence-corrected chi connectivity index (χ2v) is 5.19. The van der Waals surface area contributed by atoms with Crippen LogP contribution in [0.15, 0.2) is 24.3 Å². The third-order valence-corrected chi connectivity index (χ3v) is 3.41. The van der Waals surface area contributed by atoms with E-state index >= 15 is 0 Å². The molecule has 0 aliphatic carbocycles. The first-order chi connectivity index (χ1) is 9.22. The number of aliphatic hydroxyl groups excluding tert-OH is 1. The van der Waals surface area contributed by atoms with Crippen molar-refractivity contribution in [1.82, 2.24) is 10.2 Å². The Bertz CT molecular complexity index is 395. The maximum absolute atomic E-state index is 9.77. The summed E-state index contributed by atoms with van der Waals surface area (Å²) in [6.07, 6.45) is 0.142. The number of nitrogens with zero attached hydrogens (tertiary/aromatic N) is 1. The predicted octanol–water partition coefficient (Wildman–Crippen LogP) is 1.83. The molecular weight excluding hydrogens is 276 g/mol. The van der Waals surface area contributed by atoms with Crippen molar-refractivity contribution in [3.63, 3.8) is 0 Å². The summed E-state index contributed by atoms with van der Waals surface area (Å²) in [5.41, 5.74) is 1.08. The van der Waals surface area contributed by atoms with E-state index in [-0.39, 0.29) is 31.2 Å². The highest BCUT2D eigenvalue weighted by Gasteiger charge is 2.24. The lowest BCUT2D eigenvalue weighted by atomic mass is 10.0. The van der Waals surface area contributed by atoms with Gasteiger partial charge in [0.1, 0.15) is 5.75 Å². The highest BCUT2D eigenvalue weighted by molar-refractivity contribution is 5.85. The summed E-state index contributed by atoms with van der Waals surface area (Å²) >= 11 is 0. The average Bonchev–Trinajstić information content (AvgIpc) is 2.42. The van der Waals surface area contributed by atoms with Crippen molar-refractivity contribution in [3.8, 4) is 5.75 Å². The second-order valence-electron chi connectivity index (χ2n) is 5.19. The van der Waals surface area contributed by atoms with Crippen LogP contribution < -0.4 is 10.1 Å². The second kappa shape index (κ2) is 8.47. The Morgan fingerprint density at radius 1 is 1.25 bits per heavy atom. The van der Waals surface area contributed by atoms with E-state index in [9.17, 15) is 5.11 Å². The van der Waals surface area contributed by atoms with Crippen LogP contribution in [-0.4, -0.2) is 48.9 Å². The van der Waals surface area contributed by atoms with Crippen molar-refractivity contribution >= 4 is 12.4 Å². The molecule has 0 amide bonds. The van der Waals surface area contributed by atoms with Crippen LogP contribution in [0.4, 0.5) is 0 Å². The number of benzene rings is 1. The largest absolute Gasteiger partial charge is 0.491 e. The molecule has 1 aromatic rings. The Kier molecular flexibility index (Phi) is 7.30. The molecule has 1 fully saturated rings. The van der Waals surface area contributed by atoms with E-state index in [4.69, 9.17) is 4.74 Å². The van der Waals surface area contributed by atoms with Gasteiger partial charge in [-0.05, 0) is 19.9 Å². The number of rotatable bonds is 5. The average molecular weight is 301 g/mol. The van der Waals surface area contributed by atoms with Gasteiger partial charge in [-0.2, -0.15) is 0 Å². The first-order valence-corrected chi connectivity index (χ1v) is 7.03. The van der Waals surface area contributed by atoms with Crippen LogP contribution in [0.2, 0.25) is 0 Å². The van der Waals surface area contributed by atoms with Crippen LogP contribution in [0.1, 0.15) is 25.5 Å². The maximum atomic E-state index is 9.77. The number of para-hydroxylation sites is 1. The molecule has 4 nitrogen and oxygen atoms in total. The maximum Gasteiger partial charge on any atom is 0.124 e. The number of nitrogens with one attached hydrogen (secondary N) is 1. The summed E-state index contributed by atoms with van der Waals surface area (Å²) < 4.78 is 5.87. The first-order valence-electron chi connectivity index (χ1n) is 7.03. The lowest BCUT2D eigenvalue weighted by molar-refractivity contribution is 0.107. The van der Waals surface area contributed by atoms with Gasteiger partial charge >= 0.3 is 0 Å². The van der Waals surface area contributed by atoms with Crippen molar-refractivity contribution < 1.29 is 9.84 Å². The molecule has 2 N–H and O–H groups in total. The van der Waals surface area contributed by atoms with Crippen molar-refractivity contribution in [2.45, 2.75) is 26.0 Å². The van der Waals surface area contributed by atoms with Gasteiger partial charge in [0.15, 0.2) is 0 Å². The molecule has 1 heterocycles. The molecule has 5 heteroatoms. The van der Waals surface area contributed by atoms with E-state index in [2.05, 4.69) is 16.3 Å². The van der Waals surface area contributed by atoms with Gasteiger partial charge in [0.25, 0.3) is 0 Å². The molecule has 1 aromatic carbocycles. The minimum atomic E-state index is 0. The van der Waals surface area contributed by atoms with Gasteiger partial charge < -0.3 is 15.2 Å². The molecule has 1 saturated heterocycles. The Balaban J connectivity index is 0.00000200. The molecule has 1 atom stereocenters. The van der Waals surface area contributed by atoms with E-state index in [0.29, 0.717) is 0 Å². The van der Waals surface area contributed by atoms with Crippen LogP contribution in [0, 0.1) is 0 Å². The van der Waals surface area contributed by atoms with Crippen molar-refractivity contribution in [3.05, 3.63) is 29.8 Å². The molecule has 0 spiro atoms. The van der Waals surface area contributed by atoms with Gasteiger partial charge in [-0.15, -0.1) is 12.4 Å². The van der Waals surface area contributed by atoms with E-state index in [1.165, 1.54) is 0 Å². The van der Waals surface area contributed by atoms with Crippen LogP contribution in [0.5, 0.6) is 5.75 Å². The van der Waals surface area contributed by atoms with Gasteiger partial charge in [0.2, 0.25) is 0 Å². The molecule has 0 radical (unpaired) electrons. The van der Waals surface area contributed by atoms with Crippen molar-refractivity contribution in [1.29, 1.82) is 0 Å². The Morgan fingerprint density at radius 2 is 1.90 bits per heavy atom. The monoisotopic (exact) mass is 300 g/mol. The molecular formula is C15H25ClN2O2. The van der Waals surface area contributed by atoms with Crippen molar-refractivity contribution in [2.24, 2.45) is 0 Å². The van der Waals surface area contributed by atoms with Crippen LogP contribution >= 0.6 is 12.4 Å². The third-order valence-electron chi connectivity index (χ3n) is 3.41. The topological polar surface area (TPSA) is 44.7 Å². The van der Waals surface area contributed by atoms with Gasteiger partial charge in [0, 0.05) is 31.7 Å². The summed E-state index contributed by atoms with van der Waals surface area (Å²) in [5.74, 6) is 0.884. The lowest BCUT2D eigenvalue weighted by Gasteiger charge is -2.35. The lowest BCUT2D eigenvalue weighted by Crippen LogP contribution is -2.46. The fourth-order valence-electron chi connectivity index (χ4n) is 2.52. The Hall–Kier alpha value is -0.810. The highest BCUT2D eigenvalue weighted by Crippen LogP contribution is 2.30. The SMILES string of the molecule is CC(C)Oc1ccccc1[C@H](CO)N1CCNCC1.Cl. The van der Waals surface area contributed by atoms with Crippen LogP contribution in [0.3, 0.4) is 0 Å². The Labute approximate surface area is 127 Å². The quantitative estimate of drug-likeness (QED) is 0.871. The van der Waals surface area contributed by atoms with Gasteiger partial charge in [-0.25, -0.2) is 0 Å². The van der Waals surface area contributed by atoms with E-state index < -0.39 is 0 Å². The number of aliphatic hydroxyl groups is 1. The van der Waals surface area contributed by atoms with Crippen LogP contribution in [-0.2, 0) is 0 Å². The molecule has 114 valence electrons. The summed E-state index contributed by atoms with van der Waals surface area (Å²) in [6.45, 7) is 8.04. The third kappa shape index (κ3) is 4.35. The standard InChI is InChI=1S/C15H24N2O2.ClH/c1-12(2)19-15-6-4-3-5-13(15)14(11-18)17-9-7-16-8-10-17;/h3-6,12,14,16,18H,7-11H2,1-2H3;1H/t14-;/m0./s1. The molecule has 0 unspecified atom stereocenters. The molecule has 1 aliphatic rings. The zero-order chi connectivity index (χ0) is 13.7. The first kappa shape index (κ1) is 17.2. The van der Waals surface area contributed by atoms with Gasteiger partial charge in [0.05, 0.1) is 18.8 Å². The summed E-state index contributed by atoms with van der Waals surface area (Å²) in [4.78, 5) is 2.32. The molecule has 0 aromatic heterocycles. The number of hydrogen-bond acceptors (Lipinski definition) is 4. The van der Waals surface area contributed by atoms with E-state index in [1.54, 1.807) is 0 Å². The molecule has 20 heavy (non-hydrogen) atoms. The fourth-order valence-corrected chi connectivity index (χ4v) is 2.52. The summed E-state index contributed by atoms with van der Waals surface area (Å²) in [5, 5.41) is 13.1. The zero-order valence-electron chi connectivity index (χ0n) is 12.2. The van der Waals surface area contributed by atoms with E-state index in [1.807, 2.05) is 32.0 Å². The minimum absolute atomic E-state index is 0. The molecule has 1 aliphatic heterocycles. The Morgan fingerprint density at radius 3 is 2.50 bits per heavy atom. The zero-order valence-corrected chi connectivity index (χ0v) is 13.0. The highest BCUT2D eigenvalue weighted by atomic mass is 35.5.